The van der Waals surface area contributed by atoms with Crippen LogP contribution in [0.25, 0.3) is 11.0 Å². The minimum absolute atomic E-state index is 0.328. The summed E-state index contributed by atoms with van der Waals surface area (Å²) in [5.74, 6) is -0.328. The molecule has 18 heavy (non-hydrogen) atoms. The van der Waals surface area contributed by atoms with Gasteiger partial charge in [0, 0.05) is 13.1 Å². The van der Waals surface area contributed by atoms with Crippen LogP contribution < -0.4 is 0 Å². The number of aliphatic hydroxyl groups is 1. The second-order valence-electron chi connectivity index (χ2n) is 4.56. The van der Waals surface area contributed by atoms with Crippen molar-refractivity contribution in [2.45, 2.75) is 19.1 Å². The van der Waals surface area contributed by atoms with Gasteiger partial charge in [-0.1, -0.05) is 12.1 Å². The number of carbonyl (C=O) groups is 1. The molecule has 1 aliphatic rings. The van der Waals surface area contributed by atoms with Crippen LogP contribution in [0.15, 0.2) is 30.6 Å². The van der Waals surface area contributed by atoms with Crippen LogP contribution in [0.2, 0.25) is 0 Å². The molecule has 1 unspecified atom stereocenters. The molecule has 0 amide bonds. The number of imidazole rings is 1. The lowest BCUT2D eigenvalue weighted by Gasteiger charge is -2.21. The van der Waals surface area contributed by atoms with Crippen LogP contribution >= 0.6 is 0 Å². The number of carbonyl (C=O) groups excluding carboxylic acids is 1. The van der Waals surface area contributed by atoms with Crippen molar-refractivity contribution in [3.05, 3.63) is 30.6 Å². The molecule has 1 aliphatic heterocycles. The van der Waals surface area contributed by atoms with Gasteiger partial charge in [0.05, 0.1) is 11.0 Å². The molecule has 0 saturated carbocycles. The van der Waals surface area contributed by atoms with Gasteiger partial charge in [-0.15, -0.1) is 0 Å². The maximum Gasteiger partial charge on any atom is 0.276 e. The molecule has 2 heterocycles. The van der Waals surface area contributed by atoms with Crippen molar-refractivity contribution in [1.29, 1.82) is 0 Å². The molecule has 1 N–H and O–H groups in total. The lowest BCUT2D eigenvalue weighted by Crippen LogP contribution is -2.41. The predicted molar refractivity (Wildman–Crippen MR) is 67.2 cm³/mol. The molecule has 0 aliphatic carbocycles. The van der Waals surface area contributed by atoms with E-state index in [0.717, 1.165) is 37.0 Å². The number of fused-ring (bicyclic) bond motifs is 1. The van der Waals surface area contributed by atoms with Crippen LogP contribution in [-0.4, -0.2) is 44.8 Å². The summed E-state index contributed by atoms with van der Waals surface area (Å²) < 4.78 is 1.43. The smallest absolute Gasteiger partial charge is 0.276 e. The average Bonchev–Trinajstić information content (AvgIpc) is 3.06. The van der Waals surface area contributed by atoms with Crippen LogP contribution in [0, 0.1) is 0 Å². The summed E-state index contributed by atoms with van der Waals surface area (Å²) in [6.07, 6.45) is 2.49. The first kappa shape index (κ1) is 11.4. The van der Waals surface area contributed by atoms with E-state index in [-0.39, 0.29) is 5.91 Å². The van der Waals surface area contributed by atoms with Gasteiger partial charge in [0.15, 0.2) is 6.23 Å². The number of likely N-dealkylation sites (tertiary alicyclic amines) is 1. The van der Waals surface area contributed by atoms with E-state index in [0.29, 0.717) is 0 Å². The van der Waals surface area contributed by atoms with Crippen molar-refractivity contribution < 1.29 is 9.90 Å². The molecule has 94 valence electrons. The third-order valence-electron chi connectivity index (χ3n) is 3.40. The molecule has 0 radical (unpaired) electrons. The van der Waals surface area contributed by atoms with Crippen molar-refractivity contribution in [3.63, 3.8) is 0 Å². The second-order valence-corrected chi connectivity index (χ2v) is 4.56. The van der Waals surface area contributed by atoms with Gasteiger partial charge in [-0.05, 0) is 25.0 Å². The number of rotatable bonds is 2. The molecule has 5 heteroatoms. The van der Waals surface area contributed by atoms with E-state index in [1.165, 1.54) is 10.9 Å². The number of hydrogen-bond donors (Lipinski definition) is 1. The Bertz CT molecular complexity index is 572. The molecule has 0 spiro atoms. The van der Waals surface area contributed by atoms with Gasteiger partial charge in [-0.3, -0.25) is 14.3 Å². The lowest BCUT2D eigenvalue weighted by molar-refractivity contribution is 0.0142. The number of para-hydroxylation sites is 2. The zero-order valence-corrected chi connectivity index (χ0v) is 9.99. The third-order valence-corrected chi connectivity index (χ3v) is 3.40. The highest BCUT2D eigenvalue weighted by Gasteiger charge is 2.27. The molecule has 5 nitrogen and oxygen atoms in total. The van der Waals surface area contributed by atoms with Crippen molar-refractivity contribution in [3.8, 4) is 0 Å². The van der Waals surface area contributed by atoms with Crippen molar-refractivity contribution >= 4 is 16.9 Å². The number of aromatic nitrogens is 2. The largest absolute Gasteiger partial charge is 0.370 e. The summed E-state index contributed by atoms with van der Waals surface area (Å²) in [7, 11) is 0. The minimum atomic E-state index is -1.06. The first-order valence-electron chi connectivity index (χ1n) is 6.16. The predicted octanol–water partition coefficient (Wildman–Crippen LogP) is 1.09. The van der Waals surface area contributed by atoms with Crippen molar-refractivity contribution in [2.24, 2.45) is 0 Å². The number of aliphatic hydroxyl groups excluding tert-OH is 1. The zero-order valence-electron chi connectivity index (χ0n) is 9.99. The Morgan fingerprint density at radius 3 is 2.78 bits per heavy atom. The highest BCUT2D eigenvalue weighted by Crippen LogP contribution is 2.15. The van der Waals surface area contributed by atoms with E-state index in [2.05, 4.69) is 4.98 Å². The molecule has 3 rings (SSSR count). The summed E-state index contributed by atoms with van der Waals surface area (Å²) in [5, 5.41) is 10.1. The van der Waals surface area contributed by atoms with Crippen molar-refractivity contribution in [2.75, 3.05) is 13.1 Å². The van der Waals surface area contributed by atoms with Gasteiger partial charge in [-0.25, -0.2) is 4.98 Å². The molecule has 1 saturated heterocycles. The van der Waals surface area contributed by atoms with Gasteiger partial charge >= 0.3 is 0 Å². The average molecular weight is 245 g/mol. The first-order valence-corrected chi connectivity index (χ1v) is 6.16. The third kappa shape index (κ3) is 1.81. The van der Waals surface area contributed by atoms with E-state index < -0.39 is 6.23 Å². The molecule has 1 aromatic carbocycles. The van der Waals surface area contributed by atoms with Gasteiger partial charge in [-0.2, -0.15) is 0 Å². The Morgan fingerprint density at radius 1 is 1.28 bits per heavy atom. The maximum atomic E-state index is 12.2. The monoisotopic (exact) mass is 245 g/mol. The highest BCUT2D eigenvalue weighted by atomic mass is 16.3. The van der Waals surface area contributed by atoms with Crippen LogP contribution in [0.4, 0.5) is 0 Å². The molecule has 1 fully saturated rings. The Kier molecular flexibility index (Phi) is 2.85. The minimum Gasteiger partial charge on any atom is -0.370 e. The molecule has 1 atom stereocenters. The topological polar surface area (TPSA) is 58.4 Å². The Labute approximate surface area is 105 Å². The zero-order chi connectivity index (χ0) is 12.5. The molecule has 2 aromatic rings. The number of benzene rings is 1. The van der Waals surface area contributed by atoms with Gasteiger partial charge in [0.25, 0.3) is 5.91 Å². The lowest BCUT2D eigenvalue weighted by atomic mass is 10.3. The molecular formula is C13H15N3O2. The van der Waals surface area contributed by atoms with Crippen molar-refractivity contribution in [1.82, 2.24) is 14.5 Å². The fourth-order valence-corrected chi connectivity index (χ4v) is 2.40. The quantitative estimate of drug-likeness (QED) is 0.860. The van der Waals surface area contributed by atoms with Gasteiger partial charge in [0.2, 0.25) is 0 Å². The van der Waals surface area contributed by atoms with E-state index in [9.17, 15) is 9.90 Å². The van der Waals surface area contributed by atoms with E-state index in [1.54, 1.807) is 4.90 Å². The van der Waals surface area contributed by atoms with Crippen LogP contribution in [-0.2, 0) is 0 Å². The highest BCUT2D eigenvalue weighted by molar-refractivity contribution is 5.92. The van der Waals surface area contributed by atoms with E-state index in [1.807, 2.05) is 24.3 Å². The summed E-state index contributed by atoms with van der Waals surface area (Å²) in [4.78, 5) is 18.2. The maximum absolute atomic E-state index is 12.2. The normalized spacial score (nSPS) is 18.3. The van der Waals surface area contributed by atoms with Gasteiger partial charge in [0.1, 0.15) is 6.33 Å². The Balaban J connectivity index is 1.91. The summed E-state index contributed by atoms with van der Waals surface area (Å²) in [6.45, 7) is 1.55. The molecule has 1 aromatic heterocycles. The first-order chi connectivity index (χ1) is 8.77. The van der Waals surface area contributed by atoms with E-state index >= 15 is 0 Å². The van der Waals surface area contributed by atoms with Crippen LogP contribution in [0.5, 0.6) is 0 Å². The van der Waals surface area contributed by atoms with Gasteiger partial charge < -0.3 is 5.11 Å². The Morgan fingerprint density at radius 2 is 2.00 bits per heavy atom. The summed E-state index contributed by atoms with van der Waals surface area (Å²) >= 11 is 0. The number of hydrogen-bond acceptors (Lipinski definition) is 4. The number of nitrogens with zero attached hydrogens (tertiary/aromatic N) is 3. The summed E-state index contributed by atoms with van der Waals surface area (Å²) in [5.41, 5.74) is 1.50. The summed E-state index contributed by atoms with van der Waals surface area (Å²) in [6, 6.07) is 7.41. The Hall–Kier alpha value is -1.72. The fourth-order valence-electron chi connectivity index (χ4n) is 2.40. The standard InChI is InChI=1S/C13H15N3O2/c17-12(15-7-3-4-8-15)13(18)16-9-14-10-5-1-2-6-11(10)16/h1-2,5-6,9,12,17H,3-4,7-8H2. The van der Waals surface area contributed by atoms with E-state index in [4.69, 9.17) is 0 Å². The fraction of sp³-hybridized carbons (Fsp3) is 0.385. The van der Waals surface area contributed by atoms with Crippen LogP contribution in [0.3, 0.4) is 0 Å². The molecule has 0 bridgehead atoms. The molecular weight excluding hydrogens is 230 g/mol. The SMILES string of the molecule is O=C(C(O)N1CCCC1)n1cnc2ccccc21. The second kappa shape index (κ2) is 4.51. The van der Waals surface area contributed by atoms with Crippen LogP contribution in [0.1, 0.15) is 17.6 Å².